The second-order valence-electron chi connectivity index (χ2n) is 5.79. The molecule has 1 rings (SSSR count). The van der Waals surface area contributed by atoms with Crippen molar-refractivity contribution in [3.05, 3.63) is 11.6 Å². The van der Waals surface area contributed by atoms with Crippen molar-refractivity contribution < 1.29 is 27.9 Å². The van der Waals surface area contributed by atoms with Gasteiger partial charge in [0.25, 0.3) is 5.91 Å². The number of rotatable bonds is 5. The number of carbonyl (C=O) groups excluding carboxylic acids is 2. The molecule has 0 saturated carbocycles. The van der Waals surface area contributed by atoms with E-state index in [1.165, 1.54) is 6.08 Å². The third-order valence-electron chi connectivity index (χ3n) is 2.75. The Kier molecular flexibility index (Phi) is 5.96. The minimum absolute atomic E-state index is 0.136. The molecule has 0 spiro atoms. The highest BCUT2D eigenvalue weighted by Gasteiger charge is 2.49. The van der Waals surface area contributed by atoms with Gasteiger partial charge in [0.05, 0.1) is 13.2 Å². The van der Waals surface area contributed by atoms with Gasteiger partial charge in [0, 0.05) is 5.57 Å². The van der Waals surface area contributed by atoms with Crippen LogP contribution in [0.1, 0.15) is 41.5 Å². The van der Waals surface area contributed by atoms with Gasteiger partial charge < -0.3 is 13.8 Å². The van der Waals surface area contributed by atoms with Crippen molar-refractivity contribution in [3.63, 3.8) is 0 Å². The van der Waals surface area contributed by atoms with Gasteiger partial charge in [-0.3, -0.25) is 9.36 Å². The van der Waals surface area contributed by atoms with E-state index in [-0.39, 0.29) is 13.2 Å². The molecule has 1 aliphatic rings. The van der Waals surface area contributed by atoms with E-state index in [9.17, 15) is 14.2 Å². The molecule has 8 heteroatoms. The summed E-state index contributed by atoms with van der Waals surface area (Å²) < 4.78 is 28.6. The van der Waals surface area contributed by atoms with Crippen molar-refractivity contribution >= 4 is 19.6 Å². The second-order valence-corrected chi connectivity index (χ2v) is 7.92. The molecule has 0 radical (unpaired) electrons. The summed E-state index contributed by atoms with van der Waals surface area (Å²) >= 11 is 0. The standard InChI is InChI=1S/C14H24NO6P/c1-7-19-22(18,20-8-2)11-9-10(3)12(16)15(11)13(17)21-14(4,5)6/h9,11H,7-8H2,1-6H3. The SMILES string of the molecule is CCOP(=O)(OCC)C1C=C(C)C(=O)N1C(=O)OC(C)(C)C. The summed E-state index contributed by atoms with van der Waals surface area (Å²) in [6, 6.07) is 0. The molecule has 1 unspecified atom stereocenters. The largest absolute Gasteiger partial charge is 0.443 e. The third-order valence-corrected chi connectivity index (χ3v) is 5.02. The zero-order valence-corrected chi connectivity index (χ0v) is 14.8. The lowest BCUT2D eigenvalue weighted by Gasteiger charge is -2.30. The van der Waals surface area contributed by atoms with Crippen LogP contribution in [-0.2, 0) is 23.1 Å². The molecule has 22 heavy (non-hydrogen) atoms. The number of amides is 2. The zero-order chi connectivity index (χ0) is 17.1. The normalized spacial score (nSPS) is 19.4. The van der Waals surface area contributed by atoms with Crippen LogP contribution in [0.5, 0.6) is 0 Å². The molecule has 0 N–H and O–H groups in total. The van der Waals surface area contributed by atoms with Crippen molar-refractivity contribution in [3.8, 4) is 0 Å². The Labute approximate surface area is 131 Å². The fourth-order valence-electron chi connectivity index (χ4n) is 1.96. The van der Waals surface area contributed by atoms with Gasteiger partial charge in [0.2, 0.25) is 0 Å². The van der Waals surface area contributed by atoms with E-state index < -0.39 is 31.0 Å². The first-order valence-electron chi connectivity index (χ1n) is 7.19. The second kappa shape index (κ2) is 6.94. The quantitative estimate of drug-likeness (QED) is 0.718. The van der Waals surface area contributed by atoms with E-state index in [0.717, 1.165) is 4.90 Å². The molecule has 0 saturated heterocycles. The molecule has 1 aliphatic heterocycles. The smallest absolute Gasteiger partial charge is 0.418 e. The maximum atomic E-state index is 12.9. The van der Waals surface area contributed by atoms with E-state index in [2.05, 4.69) is 0 Å². The van der Waals surface area contributed by atoms with E-state index in [4.69, 9.17) is 13.8 Å². The Morgan fingerprint density at radius 2 is 1.77 bits per heavy atom. The summed E-state index contributed by atoms with van der Waals surface area (Å²) in [5.41, 5.74) is -0.477. The van der Waals surface area contributed by atoms with Gasteiger partial charge in [0.15, 0.2) is 5.78 Å². The van der Waals surface area contributed by atoms with E-state index in [1.54, 1.807) is 41.5 Å². The molecule has 2 amide bonds. The Morgan fingerprint density at radius 3 is 2.18 bits per heavy atom. The van der Waals surface area contributed by atoms with Gasteiger partial charge in [-0.05, 0) is 47.6 Å². The number of carbonyl (C=O) groups is 2. The highest BCUT2D eigenvalue weighted by atomic mass is 31.2. The molecule has 0 aromatic heterocycles. The first-order chi connectivity index (χ1) is 10.1. The summed E-state index contributed by atoms with van der Waals surface area (Å²) in [5, 5.41) is 0. The molecular weight excluding hydrogens is 309 g/mol. The van der Waals surface area contributed by atoms with Crippen molar-refractivity contribution in [2.45, 2.75) is 52.9 Å². The molecule has 126 valence electrons. The molecule has 7 nitrogen and oxygen atoms in total. The van der Waals surface area contributed by atoms with Gasteiger partial charge >= 0.3 is 13.7 Å². The maximum absolute atomic E-state index is 12.9. The Balaban J connectivity index is 3.16. The molecule has 0 aliphatic carbocycles. The minimum Gasteiger partial charge on any atom is -0.443 e. The number of ether oxygens (including phenoxy) is 1. The molecule has 0 fully saturated rings. The van der Waals surface area contributed by atoms with Crippen LogP contribution in [0.2, 0.25) is 0 Å². The Hall–Kier alpha value is -1.17. The lowest BCUT2D eigenvalue weighted by atomic mass is 10.2. The highest BCUT2D eigenvalue weighted by Crippen LogP contribution is 2.56. The van der Waals surface area contributed by atoms with Gasteiger partial charge in [-0.25, -0.2) is 9.69 Å². The van der Waals surface area contributed by atoms with Gasteiger partial charge in [-0.2, -0.15) is 0 Å². The van der Waals surface area contributed by atoms with Crippen LogP contribution in [0.4, 0.5) is 4.79 Å². The van der Waals surface area contributed by atoms with Gasteiger partial charge in [-0.15, -0.1) is 0 Å². The first-order valence-corrected chi connectivity index (χ1v) is 8.80. The minimum atomic E-state index is -3.69. The van der Waals surface area contributed by atoms with Crippen LogP contribution in [0, 0.1) is 0 Å². The summed E-state index contributed by atoms with van der Waals surface area (Å²) in [7, 11) is -3.69. The van der Waals surface area contributed by atoms with Crippen LogP contribution in [0.3, 0.4) is 0 Å². The van der Waals surface area contributed by atoms with E-state index >= 15 is 0 Å². The summed E-state index contributed by atoms with van der Waals surface area (Å²) in [4.78, 5) is 25.3. The molecule has 0 aromatic rings. The van der Waals surface area contributed by atoms with Gasteiger partial charge in [0.1, 0.15) is 5.60 Å². The Morgan fingerprint density at radius 1 is 1.27 bits per heavy atom. The molecule has 0 bridgehead atoms. The van der Waals surface area contributed by atoms with Crippen molar-refractivity contribution in [2.24, 2.45) is 0 Å². The summed E-state index contributed by atoms with van der Waals surface area (Å²) in [5.74, 6) is -1.66. The monoisotopic (exact) mass is 333 g/mol. The topological polar surface area (TPSA) is 82.1 Å². The predicted octanol–water partition coefficient (Wildman–Crippen LogP) is 3.30. The number of nitrogens with zero attached hydrogens (tertiary/aromatic N) is 1. The third kappa shape index (κ3) is 4.18. The number of hydrogen-bond acceptors (Lipinski definition) is 6. The molecule has 1 atom stereocenters. The molecular formula is C14H24NO6P. The number of imide groups is 1. The number of hydrogen-bond donors (Lipinski definition) is 0. The van der Waals surface area contributed by atoms with Crippen molar-refractivity contribution in [2.75, 3.05) is 13.2 Å². The van der Waals surface area contributed by atoms with Gasteiger partial charge in [-0.1, -0.05) is 0 Å². The average molecular weight is 333 g/mol. The first kappa shape index (κ1) is 18.9. The maximum Gasteiger partial charge on any atom is 0.418 e. The van der Waals surface area contributed by atoms with Crippen LogP contribution < -0.4 is 0 Å². The fourth-order valence-corrected chi connectivity index (χ4v) is 3.95. The van der Waals surface area contributed by atoms with E-state index in [1.807, 2.05) is 0 Å². The molecule has 0 aromatic carbocycles. The fraction of sp³-hybridized carbons (Fsp3) is 0.714. The van der Waals surface area contributed by atoms with Crippen LogP contribution >= 0.6 is 7.60 Å². The van der Waals surface area contributed by atoms with Crippen molar-refractivity contribution in [1.29, 1.82) is 0 Å². The zero-order valence-electron chi connectivity index (χ0n) is 13.9. The highest BCUT2D eigenvalue weighted by molar-refractivity contribution is 7.54. The summed E-state index contributed by atoms with van der Waals surface area (Å²) in [6.07, 6.45) is 0.563. The predicted molar refractivity (Wildman–Crippen MR) is 81.5 cm³/mol. The van der Waals surface area contributed by atoms with Crippen LogP contribution in [0.25, 0.3) is 0 Å². The Bertz CT molecular complexity index is 512. The summed E-state index contributed by atoms with van der Waals surface area (Å²) in [6.45, 7) is 10.2. The van der Waals surface area contributed by atoms with Crippen molar-refractivity contribution in [1.82, 2.24) is 4.90 Å². The lowest BCUT2D eigenvalue weighted by Crippen LogP contribution is -2.43. The molecule has 1 heterocycles. The van der Waals surface area contributed by atoms with E-state index in [0.29, 0.717) is 5.57 Å². The lowest BCUT2D eigenvalue weighted by molar-refractivity contribution is -0.125. The van der Waals surface area contributed by atoms with Crippen LogP contribution in [-0.4, -0.2) is 41.5 Å². The average Bonchev–Trinajstić information content (AvgIpc) is 2.65. The van der Waals surface area contributed by atoms with Crippen LogP contribution in [0.15, 0.2) is 11.6 Å².